The van der Waals surface area contributed by atoms with E-state index in [2.05, 4.69) is 20.3 Å². The maximum absolute atomic E-state index is 14.5. The molecule has 0 radical (unpaired) electrons. The summed E-state index contributed by atoms with van der Waals surface area (Å²) in [5.74, 6) is 0.0777. The van der Waals surface area contributed by atoms with Crippen LogP contribution in [0.25, 0.3) is 22.2 Å². The number of H-pyrrole nitrogens is 1. The molecule has 0 saturated heterocycles. The van der Waals surface area contributed by atoms with Gasteiger partial charge >= 0.3 is 0 Å². The van der Waals surface area contributed by atoms with E-state index in [1.54, 1.807) is 12.3 Å². The van der Waals surface area contributed by atoms with Gasteiger partial charge in [0.05, 0.1) is 30.0 Å². The highest BCUT2D eigenvalue weighted by Gasteiger charge is 2.30. The van der Waals surface area contributed by atoms with Crippen LogP contribution in [0.3, 0.4) is 0 Å². The Morgan fingerprint density at radius 3 is 2.97 bits per heavy atom. The summed E-state index contributed by atoms with van der Waals surface area (Å²) in [6.45, 7) is 4.04. The van der Waals surface area contributed by atoms with Crippen LogP contribution in [0.5, 0.6) is 5.75 Å². The lowest BCUT2D eigenvalue weighted by Crippen LogP contribution is -2.35. The molecular weight excluding hydrogens is 407 g/mol. The molecule has 1 aliphatic heterocycles. The molecule has 7 heteroatoms. The summed E-state index contributed by atoms with van der Waals surface area (Å²) in [5.41, 5.74) is 5.40. The Morgan fingerprint density at radius 1 is 1.25 bits per heavy atom. The van der Waals surface area contributed by atoms with Crippen molar-refractivity contribution in [1.82, 2.24) is 20.3 Å². The highest BCUT2D eigenvalue weighted by Crippen LogP contribution is 2.40. The van der Waals surface area contributed by atoms with Gasteiger partial charge in [-0.15, -0.1) is 0 Å². The van der Waals surface area contributed by atoms with E-state index in [9.17, 15) is 9.18 Å². The fourth-order valence-corrected chi connectivity index (χ4v) is 4.20. The molecule has 5 rings (SSSR count). The number of carbonyl (C=O) groups excluding carboxylic acids is 1. The molecule has 2 aromatic heterocycles. The number of hydrogen-bond donors (Lipinski definition) is 2. The molecule has 1 amide bonds. The van der Waals surface area contributed by atoms with Crippen molar-refractivity contribution in [3.63, 3.8) is 0 Å². The maximum Gasteiger partial charge on any atom is 0.224 e. The first-order valence-corrected chi connectivity index (χ1v) is 10.6. The lowest BCUT2D eigenvalue weighted by molar-refractivity contribution is -0.120. The number of para-hydroxylation sites is 1. The number of amides is 1. The van der Waals surface area contributed by atoms with E-state index in [1.807, 2.05) is 44.3 Å². The Balaban J connectivity index is 1.29. The minimum absolute atomic E-state index is 0.101. The van der Waals surface area contributed by atoms with E-state index in [0.717, 1.165) is 33.4 Å². The predicted molar refractivity (Wildman–Crippen MR) is 120 cm³/mol. The number of carbonyl (C=O) groups is 1. The molecule has 0 bridgehead atoms. The van der Waals surface area contributed by atoms with E-state index < -0.39 is 0 Å². The molecule has 3 heterocycles. The Morgan fingerprint density at radius 2 is 2.09 bits per heavy atom. The Kier molecular flexibility index (Phi) is 5.09. The lowest BCUT2D eigenvalue weighted by atomic mass is 10.0. The third-order valence-electron chi connectivity index (χ3n) is 5.80. The number of nitrogens with zero attached hydrogens (tertiary/aromatic N) is 2. The van der Waals surface area contributed by atoms with Gasteiger partial charge in [-0.25, -0.2) is 9.37 Å². The molecule has 0 spiro atoms. The van der Waals surface area contributed by atoms with Gasteiger partial charge in [-0.2, -0.15) is 0 Å². The topological polar surface area (TPSA) is 79.9 Å². The molecule has 6 nitrogen and oxygen atoms in total. The van der Waals surface area contributed by atoms with Crippen LogP contribution in [0.2, 0.25) is 0 Å². The highest BCUT2D eigenvalue weighted by molar-refractivity contribution is 5.88. The van der Waals surface area contributed by atoms with Crippen molar-refractivity contribution in [2.75, 3.05) is 6.54 Å². The van der Waals surface area contributed by atoms with E-state index >= 15 is 0 Å². The summed E-state index contributed by atoms with van der Waals surface area (Å²) >= 11 is 0. The van der Waals surface area contributed by atoms with Crippen molar-refractivity contribution in [3.05, 3.63) is 77.1 Å². The molecule has 2 aromatic carbocycles. The number of aromatic nitrogens is 3. The van der Waals surface area contributed by atoms with Crippen LogP contribution < -0.4 is 10.1 Å². The Bertz CT molecular complexity index is 1330. The van der Waals surface area contributed by atoms with Gasteiger partial charge in [0.25, 0.3) is 0 Å². The number of aromatic amines is 1. The van der Waals surface area contributed by atoms with Crippen molar-refractivity contribution in [2.24, 2.45) is 0 Å². The van der Waals surface area contributed by atoms with E-state index in [0.29, 0.717) is 30.0 Å². The predicted octanol–water partition coefficient (Wildman–Crippen LogP) is 4.04. The molecule has 0 saturated carbocycles. The maximum atomic E-state index is 14.5. The molecule has 4 aromatic rings. The zero-order valence-corrected chi connectivity index (χ0v) is 17.9. The van der Waals surface area contributed by atoms with Crippen LogP contribution in [-0.2, 0) is 17.6 Å². The zero-order chi connectivity index (χ0) is 22.2. The van der Waals surface area contributed by atoms with Crippen molar-refractivity contribution in [2.45, 2.75) is 32.8 Å². The number of ether oxygens (including phenoxy) is 1. The minimum atomic E-state index is -0.342. The smallest absolute Gasteiger partial charge is 0.224 e. The average Bonchev–Trinajstić information content (AvgIpc) is 3.40. The van der Waals surface area contributed by atoms with Crippen molar-refractivity contribution in [1.29, 1.82) is 0 Å². The first-order valence-electron chi connectivity index (χ1n) is 10.6. The average molecular weight is 430 g/mol. The standard InChI is InChI=1S/C25H23FN4O2/c1-14-11-27-15(2)24(30-14)19-7-8-21(26)20-10-17(32-25(19)20)13-29-23(31)9-16-12-28-22-6-4-3-5-18(16)22/h3-8,11-12,17,28H,9-10,13H2,1-2H3,(H,29,31). The molecule has 0 fully saturated rings. The van der Waals surface area contributed by atoms with Gasteiger partial charge in [-0.3, -0.25) is 9.78 Å². The number of fused-ring (bicyclic) bond motifs is 2. The largest absolute Gasteiger partial charge is 0.487 e. The fraction of sp³-hybridized carbons (Fsp3) is 0.240. The molecule has 0 aliphatic carbocycles. The molecule has 1 aliphatic rings. The zero-order valence-electron chi connectivity index (χ0n) is 17.9. The summed E-state index contributed by atoms with van der Waals surface area (Å²) in [5, 5.41) is 3.97. The molecule has 1 atom stereocenters. The van der Waals surface area contributed by atoms with E-state index in [-0.39, 0.29) is 24.2 Å². The first kappa shape index (κ1) is 20.2. The summed E-state index contributed by atoms with van der Waals surface area (Å²) in [4.78, 5) is 24.7. The van der Waals surface area contributed by atoms with Crippen molar-refractivity contribution >= 4 is 16.8 Å². The van der Waals surface area contributed by atoms with Gasteiger partial charge < -0.3 is 15.0 Å². The van der Waals surface area contributed by atoms with Gasteiger partial charge in [0, 0.05) is 40.8 Å². The molecule has 162 valence electrons. The molecular formula is C25H23FN4O2. The van der Waals surface area contributed by atoms with Gasteiger partial charge in [0.2, 0.25) is 5.91 Å². The summed E-state index contributed by atoms with van der Waals surface area (Å²) in [6, 6.07) is 11.0. The van der Waals surface area contributed by atoms with Gasteiger partial charge in [0.15, 0.2) is 0 Å². The second kappa shape index (κ2) is 8.07. The Hall–Kier alpha value is -3.74. The quantitative estimate of drug-likeness (QED) is 0.501. The number of rotatable bonds is 5. The number of halogens is 1. The summed E-state index contributed by atoms with van der Waals surface area (Å²) in [6.07, 6.45) is 3.88. The highest BCUT2D eigenvalue weighted by atomic mass is 19.1. The monoisotopic (exact) mass is 430 g/mol. The van der Waals surface area contributed by atoms with Crippen LogP contribution in [0.15, 0.2) is 48.8 Å². The fourth-order valence-electron chi connectivity index (χ4n) is 4.20. The van der Waals surface area contributed by atoms with Crippen LogP contribution in [0.1, 0.15) is 22.5 Å². The van der Waals surface area contributed by atoms with Crippen LogP contribution >= 0.6 is 0 Å². The van der Waals surface area contributed by atoms with Crippen LogP contribution in [0.4, 0.5) is 4.39 Å². The van der Waals surface area contributed by atoms with Gasteiger partial charge in [-0.1, -0.05) is 18.2 Å². The minimum Gasteiger partial charge on any atom is -0.487 e. The van der Waals surface area contributed by atoms with Crippen LogP contribution in [-0.4, -0.2) is 33.5 Å². The normalized spacial score (nSPS) is 14.9. The summed E-state index contributed by atoms with van der Waals surface area (Å²) in [7, 11) is 0. The number of benzene rings is 2. The second-order valence-electron chi connectivity index (χ2n) is 8.13. The van der Waals surface area contributed by atoms with Crippen LogP contribution in [0, 0.1) is 19.7 Å². The van der Waals surface area contributed by atoms with Crippen molar-refractivity contribution in [3.8, 4) is 17.0 Å². The molecule has 2 N–H and O–H groups in total. The van der Waals surface area contributed by atoms with Crippen molar-refractivity contribution < 1.29 is 13.9 Å². The lowest BCUT2D eigenvalue weighted by Gasteiger charge is -2.14. The van der Waals surface area contributed by atoms with E-state index in [1.165, 1.54) is 6.07 Å². The number of aryl methyl sites for hydroxylation is 2. The Labute approximate surface area is 184 Å². The SMILES string of the molecule is Cc1cnc(C)c(-c2ccc(F)c3c2OC(CNC(=O)Cc2c[nH]c4ccccc24)C3)n1. The summed E-state index contributed by atoms with van der Waals surface area (Å²) < 4.78 is 20.6. The molecule has 32 heavy (non-hydrogen) atoms. The number of hydrogen-bond acceptors (Lipinski definition) is 4. The third kappa shape index (κ3) is 3.70. The van der Waals surface area contributed by atoms with Gasteiger partial charge in [-0.05, 0) is 37.6 Å². The first-order chi connectivity index (χ1) is 15.5. The van der Waals surface area contributed by atoms with Gasteiger partial charge in [0.1, 0.15) is 17.7 Å². The third-order valence-corrected chi connectivity index (χ3v) is 5.80. The second-order valence-corrected chi connectivity index (χ2v) is 8.13. The molecule has 1 unspecified atom stereocenters. The van der Waals surface area contributed by atoms with E-state index in [4.69, 9.17) is 4.74 Å². The number of nitrogens with one attached hydrogen (secondary N) is 2.